The maximum atomic E-state index is 5.32. The summed E-state index contributed by atoms with van der Waals surface area (Å²) in [6, 6.07) is 6.53. The summed E-state index contributed by atoms with van der Waals surface area (Å²) in [5, 5.41) is 3.65. The van der Waals surface area contributed by atoms with Gasteiger partial charge in [-0.3, -0.25) is 0 Å². The number of ether oxygens (including phenoxy) is 2. The van der Waals surface area contributed by atoms with Crippen molar-refractivity contribution in [2.75, 3.05) is 19.5 Å². The summed E-state index contributed by atoms with van der Waals surface area (Å²) in [5.74, 6) is 1.67. The van der Waals surface area contributed by atoms with E-state index in [0.717, 1.165) is 17.2 Å². The smallest absolute Gasteiger partial charge is 0.124 e. The highest BCUT2D eigenvalue weighted by molar-refractivity contribution is 5.54. The summed E-state index contributed by atoms with van der Waals surface area (Å²) in [6.45, 7) is 4.76. The molecule has 1 aromatic carbocycles. The van der Waals surface area contributed by atoms with Gasteiger partial charge in [-0.05, 0) is 31.1 Å². The van der Waals surface area contributed by atoms with Crippen molar-refractivity contribution in [2.45, 2.75) is 52.0 Å². The van der Waals surface area contributed by atoms with Gasteiger partial charge in [0.05, 0.1) is 14.2 Å². The molecule has 0 amide bonds. The lowest BCUT2D eigenvalue weighted by Crippen LogP contribution is -2.19. The molecule has 0 radical (unpaired) electrons. The Balaban J connectivity index is 2.05. The van der Waals surface area contributed by atoms with Crippen molar-refractivity contribution < 1.29 is 9.47 Å². The minimum atomic E-state index is 0.489. The first kappa shape index (κ1) is 15.0. The van der Waals surface area contributed by atoms with Gasteiger partial charge in [0.15, 0.2) is 0 Å². The second kappa shape index (κ2) is 6.38. The number of benzene rings is 1. The van der Waals surface area contributed by atoms with Crippen LogP contribution in [0.3, 0.4) is 0 Å². The van der Waals surface area contributed by atoms with E-state index in [1.807, 2.05) is 18.2 Å². The lowest BCUT2D eigenvalue weighted by molar-refractivity contribution is 0.313. The van der Waals surface area contributed by atoms with Gasteiger partial charge in [-0.2, -0.15) is 0 Å². The van der Waals surface area contributed by atoms with Gasteiger partial charge in [-0.1, -0.05) is 20.3 Å². The van der Waals surface area contributed by atoms with Crippen molar-refractivity contribution in [3.8, 4) is 11.5 Å². The standard InChI is InChI=1S/C17H27NO2/c1-17(2)8-5-6-13(7-9-17)18-14-10-15(19-3)12-16(11-14)20-4/h10-13,18H,5-9H2,1-4H3. The van der Waals surface area contributed by atoms with Crippen LogP contribution in [0.1, 0.15) is 46.0 Å². The molecule has 3 nitrogen and oxygen atoms in total. The Bertz CT molecular complexity index is 420. The first-order valence-electron chi connectivity index (χ1n) is 7.52. The number of nitrogens with one attached hydrogen (secondary N) is 1. The monoisotopic (exact) mass is 277 g/mol. The quantitative estimate of drug-likeness (QED) is 0.823. The average molecular weight is 277 g/mol. The molecule has 0 spiro atoms. The molecule has 112 valence electrons. The largest absolute Gasteiger partial charge is 0.497 e. The van der Waals surface area contributed by atoms with Gasteiger partial charge in [-0.15, -0.1) is 0 Å². The van der Waals surface area contributed by atoms with E-state index in [-0.39, 0.29) is 0 Å². The molecule has 1 unspecified atom stereocenters. The Kier molecular flexibility index (Phi) is 4.79. The molecule has 0 aromatic heterocycles. The van der Waals surface area contributed by atoms with Crippen LogP contribution in [0.25, 0.3) is 0 Å². The summed E-state index contributed by atoms with van der Waals surface area (Å²) in [6.07, 6.45) is 6.37. The average Bonchev–Trinajstić information content (AvgIpc) is 2.59. The predicted molar refractivity (Wildman–Crippen MR) is 83.8 cm³/mol. The van der Waals surface area contributed by atoms with Crippen LogP contribution in [-0.4, -0.2) is 20.3 Å². The molecular weight excluding hydrogens is 250 g/mol. The lowest BCUT2D eigenvalue weighted by Gasteiger charge is -2.22. The molecular formula is C17H27NO2. The van der Waals surface area contributed by atoms with E-state index >= 15 is 0 Å². The first-order chi connectivity index (χ1) is 9.52. The normalized spacial score (nSPS) is 21.9. The molecule has 3 heteroatoms. The Hall–Kier alpha value is -1.38. The van der Waals surface area contributed by atoms with Crippen LogP contribution in [0, 0.1) is 5.41 Å². The zero-order valence-corrected chi connectivity index (χ0v) is 13.2. The van der Waals surface area contributed by atoms with Gasteiger partial charge in [0.25, 0.3) is 0 Å². The second-order valence-corrected chi connectivity index (χ2v) is 6.54. The van der Waals surface area contributed by atoms with E-state index in [9.17, 15) is 0 Å². The fourth-order valence-corrected chi connectivity index (χ4v) is 2.93. The maximum absolute atomic E-state index is 5.32. The number of rotatable bonds is 4. The Morgan fingerprint density at radius 3 is 2.25 bits per heavy atom. The van der Waals surface area contributed by atoms with Gasteiger partial charge in [0.2, 0.25) is 0 Å². The molecule has 1 aromatic rings. The number of hydrogen-bond acceptors (Lipinski definition) is 3. The fourth-order valence-electron chi connectivity index (χ4n) is 2.93. The highest BCUT2D eigenvalue weighted by atomic mass is 16.5. The molecule has 1 fully saturated rings. The molecule has 1 atom stereocenters. The SMILES string of the molecule is COc1cc(NC2CCCC(C)(C)CC2)cc(OC)c1. The van der Waals surface area contributed by atoms with E-state index < -0.39 is 0 Å². The minimum absolute atomic E-state index is 0.489. The highest BCUT2D eigenvalue weighted by Gasteiger charge is 2.24. The lowest BCUT2D eigenvalue weighted by atomic mass is 9.85. The molecule has 1 saturated carbocycles. The maximum Gasteiger partial charge on any atom is 0.124 e. The van der Waals surface area contributed by atoms with Crippen molar-refractivity contribution in [3.63, 3.8) is 0 Å². The third-order valence-electron chi connectivity index (χ3n) is 4.30. The molecule has 20 heavy (non-hydrogen) atoms. The Labute approximate surface area is 122 Å². The van der Waals surface area contributed by atoms with Crippen molar-refractivity contribution in [1.82, 2.24) is 0 Å². The Morgan fingerprint density at radius 2 is 1.65 bits per heavy atom. The zero-order chi connectivity index (χ0) is 14.6. The van der Waals surface area contributed by atoms with Gasteiger partial charge >= 0.3 is 0 Å². The molecule has 1 aliphatic carbocycles. The molecule has 0 saturated heterocycles. The summed E-state index contributed by atoms with van der Waals surface area (Å²) in [4.78, 5) is 0. The van der Waals surface area contributed by atoms with Crippen LogP contribution in [-0.2, 0) is 0 Å². The van der Waals surface area contributed by atoms with Crippen LogP contribution in [0.5, 0.6) is 11.5 Å². The van der Waals surface area contributed by atoms with E-state index in [2.05, 4.69) is 19.2 Å². The van der Waals surface area contributed by atoms with Crippen molar-refractivity contribution in [3.05, 3.63) is 18.2 Å². The number of methoxy groups -OCH3 is 2. The van der Waals surface area contributed by atoms with Crippen molar-refractivity contribution in [1.29, 1.82) is 0 Å². The van der Waals surface area contributed by atoms with Gasteiger partial charge in [0.1, 0.15) is 11.5 Å². The molecule has 0 aliphatic heterocycles. The van der Waals surface area contributed by atoms with E-state index in [4.69, 9.17) is 9.47 Å². The molecule has 1 aliphatic rings. The number of anilines is 1. The van der Waals surface area contributed by atoms with Crippen molar-refractivity contribution >= 4 is 5.69 Å². The van der Waals surface area contributed by atoms with Gasteiger partial charge in [0, 0.05) is 29.9 Å². The van der Waals surface area contributed by atoms with Gasteiger partial charge < -0.3 is 14.8 Å². The molecule has 2 rings (SSSR count). The summed E-state index contributed by atoms with van der Waals surface area (Å²) >= 11 is 0. The summed E-state index contributed by atoms with van der Waals surface area (Å²) in [7, 11) is 3.37. The second-order valence-electron chi connectivity index (χ2n) is 6.54. The molecule has 0 heterocycles. The minimum Gasteiger partial charge on any atom is -0.497 e. The third-order valence-corrected chi connectivity index (χ3v) is 4.30. The van der Waals surface area contributed by atoms with Crippen LogP contribution < -0.4 is 14.8 Å². The Morgan fingerprint density at radius 1 is 1.00 bits per heavy atom. The van der Waals surface area contributed by atoms with E-state index in [1.165, 1.54) is 32.1 Å². The number of hydrogen-bond donors (Lipinski definition) is 1. The van der Waals surface area contributed by atoms with Crippen LogP contribution in [0.4, 0.5) is 5.69 Å². The summed E-state index contributed by atoms with van der Waals surface area (Å²) < 4.78 is 10.6. The summed E-state index contributed by atoms with van der Waals surface area (Å²) in [5.41, 5.74) is 1.58. The fraction of sp³-hybridized carbons (Fsp3) is 0.647. The van der Waals surface area contributed by atoms with Crippen LogP contribution in [0.2, 0.25) is 0 Å². The molecule has 0 bridgehead atoms. The van der Waals surface area contributed by atoms with E-state index in [1.54, 1.807) is 14.2 Å². The zero-order valence-electron chi connectivity index (χ0n) is 13.2. The van der Waals surface area contributed by atoms with Gasteiger partial charge in [-0.25, -0.2) is 0 Å². The molecule has 1 N–H and O–H groups in total. The third kappa shape index (κ3) is 4.06. The van der Waals surface area contributed by atoms with E-state index in [0.29, 0.717) is 11.5 Å². The van der Waals surface area contributed by atoms with Crippen molar-refractivity contribution in [2.24, 2.45) is 5.41 Å². The van der Waals surface area contributed by atoms with Crippen LogP contribution in [0.15, 0.2) is 18.2 Å². The highest BCUT2D eigenvalue weighted by Crippen LogP contribution is 2.35. The predicted octanol–water partition coefficient (Wildman–Crippen LogP) is 4.47. The topological polar surface area (TPSA) is 30.5 Å². The first-order valence-corrected chi connectivity index (χ1v) is 7.52. The van der Waals surface area contributed by atoms with Crippen LogP contribution >= 0.6 is 0 Å².